The van der Waals surface area contributed by atoms with Crippen molar-refractivity contribution in [3.05, 3.63) is 0 Å². The molecular formula is C10H13F3N2O2. The lowest BCUT2D eigenvalue weighted by atomic mass is 9.93. The van der Waals surface area contributed by atoms with Gasteiger partial charge in [-0.3, -0.25) is 9.69 Å². The van der Waals surface area contributed by atoms with E-state index < -0.39 is 30.7 Å². The van der Waals surface area contributed by atoms with Crippen molar-refractivity contribution in [3.63, 3.8) is 0 Å². The molecule has 4 nitrogen and oxygen atoms in total. The molecule has 96 valence electrons. The van der Waals surface area contributed by atoms with Gasteiger partial charge in [0.05, 0.1) is 0 Å². The van der Waals surface area contributed by atoms with E-state index in [4.69, 9.17) is 0 Å². The van der Waals surface area contributed by atoms with Gasteiger partial charge in [0.15, 0.2) is 0 Å². The monoisotopic (exact) mass is 250 g/mol. The van der Waals surface area contributed by atoms with Gasteiger partial charge in [-0.05, 0) is 18.8 Å². The molecule has 0 bridgehead atoms. The van der Waals surface area contributed by atoms with Crippen molar-refractivity contribution in [2.75, 3.05) is 13.1 Å². The molecule has 2 aliphatic heterocycles. The highest BCUT2D eigenvalue weighted by molar-refractivity contribution is 6.04. The Kier molecular flexibility index (Phi) is 2.79. The van der Waals surface area contributed by atoms with Crippen molar-refractivity contribution in [1.82, 2.24) is 9.80 Å². The molecule has 0 aromatic carbocycles. The summed E-state index contributed by atoms with van der Waals surface area (Å²) < 4.78 is 36.7. The minimum atomic E-state index is -4.54. The minimum Gasteiger partial charge on any atom is -0.312 e. The second kappa shape index (κ2) is 3.89. The second-order valence-corrected chi connectivity index (χ2v) is 4.66. The third-order valence-electron chi connectivity index (χ3n) is 3.23. The van der Waals surface area contributed by atoms with Crippen molar-refractivity contribution in [1.29, 1.82) is 0 Å². The summed E-state index contributed by atoms with van der Waals surface area (Å²) in [5.41, 5.74) is 0. The molecule has 2 atom stereocenters. The maximum Gasteiger partial charge on any atom is 0.406 e. The lowest BCUT2D eigenvalue weighted by molar-refractivity contribution is -0.153. The standard InChI is InChI=1S/C10H13F3N2O2/c1-6-2-3-14-7(4-6)8(16)15(9(14)17)5-10(11,12)13/h6-7H,2-5H2,1H3. The fourth-order valence-electron chi connectivity index (χ4n) is 2.36. The van der Waals surface area contributed by atoms with E-state index >= 15 is 0 Å². The van der Waals surface area contributed by atoms with Gasteiger partial charge in [0.1, 0.15) is 12.6 Å². The Balaban J connectivity index is 2.16. The molecule has 0 saturated carbocycles. The Morgan fingerprint density at radius 3 is 2.59 bits per heavy atom. The van der Waals surface area contributed by atoms with Gasteiger partial charge in [-0.2, -0.15) is 13.2 Å². The van der Waals surface area contributed by atoms with Crippen molar-refractivity contribution in [2.45, 2.75) is 32.0 Å². The van der Waals surface area contributed by atoms with Crippen LogP contribution in [0.1, 0.15) is 19.8 Å². The zero-order chi connectivity index (χ0) is 12.8. The highest BCUT2D eigenvalue weighted by Gasteiger charge is 2.50. The summed E-state index contributed by atoms with van der Waals surface area (Å²) in [5, 5.41) is 0. The summed E-state index contributed by atoms with van der Waals surface area (Å²) in [6.07, 6.45) is -3.35. The van der Waals surface area contributed by atoms with Gasteiger partial charge in [0, 0.05) is 6.54 Å². The van der Waals surface area contributed by atoms with Crippen LogP contribution < -0.4 is 0 Å². The first-order valence-corrected chi connectivity index (χ1v) is 5.48. The van der Waals surface area contributed by atoms with Gasteiger partial charge in [0.2, 0.25) is 0 Å². The normalized spacial score (nSPS) is 29.9. The van der Waals surface area contributed by atoms with E-state index in [2.05, 4.69) is 0 Å². The average Bonchev–Trinajstić information content (AvgIpc) is 2.42. The van der Waals surface area contributed by atoms with Gasteiger partial charge >= 0.3 is 12.2 Å². The summed E-state index contributed by atoms with van der Waals surface area (Å²) in [6.45, 7) is 0.818. The Bertz CT molecular complexity index is 356. The number of amides is 3. The number of hydrogen-bond acceptors (Lipinski definition) is 2. The van der Waals surface area contributed by atoms with Crippen LogP contribution in [0.5, 0.6) is 0 Å². The molecule has 0 aliphatic carbocycles. The molecule has 0 aromatic heterocycles. The number of rotatable bonds is 1. The molecule has 17 heavy (non-hydrogen) atoms. The summed E-state index contributed by atoms with van der Waals surface area (Å²) in [7, 11) is 0. The van der Waals surface area contributed by atoms with Crippen LogP contribution in [0.15, 0.2) is 0 Å². The van der Waals surface area contributed by atoms with Gasteiger partial charge in [-0.25, -0.2) is 4.79 Å². The number of carbonyl (C=O) groups excluding carboxylic acids is 2. The van der Waals surface area contributed by atoms with Crippen LogP contribution in [-0.2, 0) is 4.79 Å². The topological polar surface area (TPSA) is 40.6 Å². The Morgan fingerprint density at radius 1 is 1.35 bits per heavy atom. The molecule has 2 fully saturated rings. The highest BCUT2D eigenvalue weighted by Crippen LogP contribution is 2.31. The average molecular weight is 250 g/mol. The van der Waals surface area contributed by atoms with Crippen molar-refractivity contribution < 1.29 is 22.8 Å². The van der Waals surface area contributed by atoms with E-state index in [0.29, 0.717) is 17.9 Å². The van der Waals surface area contributed by atoms with Gasteiger partial charge in [-0.15, -0.1) is 0 Å². The molecule has 0 aromatic rings. The van der Waals surface area contributed by atoms with E-state index in [1.807, 2.05) is 6.92 Å². The van der Waals surface area contributed by atoms with Crippen molar-refractivity contribution in [2.24, 2.45) is 5.92 Å². The second-order valence-electron chi connectivity index (χ2n) is 4.66. The SMILES string of the molecule is CC1CCN2C(=O)N(CC(F)(F)F)C(=O)C2C1. The summed E-state index contributed by atoms with van der Waals surface area (Å²) in [6, 6.07) is -1.49. The van der Waals surface area contributed by atoms with Gasteiger partial charge < -0.3 is 4.90 Å². The van der Waals surface area contributed by atoms with Crippen LogP contribution >= 0.6 is 0 Å². The predicted octanol–water partition coefficient (Wildman–Crippen LogP) is 1.61. The predicted molar refractivity (Wildman–Crippen MR) is 52.1 cm³/mol. The maximum absolute atomic E-state index is 12.2. The summed E-state index contributed by atoms with van der Waals surface area (Å²) in [4.78, 5) is 25.0. The number of alkyl halides is 3. The van der Waals surface area contributed by atoms with Gasteiger partial charge in [-0.1, -0.05) is 6.92 Å². The number of nitrogens with zero attached hydrogens (tertiary/aromatic N) is 2. The quantitative estimate of drug-likeness (QED) is 0.663. The number of piperidine rings is 1. The van der Waals surface area contributed by atoms with Crippen LogP contribution in [0.2, 0.25) is 0 Å². The highest BCUT2D eigenvalue weighted by atomic mass is 19.4. The van der Waals surface area contributed by atoms with Crippen LogP contribution in [0.25, 0.3) is 0 Å². The molecule has 2 heterocycles. The molecule has 2 aliphatic rings. The van der Waals surface area contributed by atoms with E-state index in [0.717, 1.165) is 6.42 Å². The van der Waals surface area contributed by atoms with Crippen molar-refractivity contribution >= 4 is 11.9 Å². The molecule has 2 rings (SSSR count). The lowest BCUT2D eigenvalue weighted by Gasteiger charge is -2.30. The largest absolute Gasteiger partial charge is 0.406 e. The molecule has 2 unspecified atom stereocenters. The van der Waals surface area contributed by atoms with E-state index in [1.54, 1.807) is 0 Å². The maximum atomic E-state index is 12.2. The lowest BCUT2D eigenvalue weighted by Crippen LogP contribution is -2.41. The molecular weight excluding hydrogens is 237 g/mol. The molecule has 0 radical (unpaired) electrons. The molecule has 7 heteroatoms. The molecule has 0 N–H and O–H groups in total. The number of fused-ring (bicyclic) bond motifs is 1. The molecule has 2 saturated heterocycles. The molecule has 0 spiro atoms. The zero-order valence-corrected chi connectivity index (χ0v) is 9.33. The van der Waals surface area contributed by atoms with E-state index in [1.165, 1.54) is 4.90 Å². The Morgan fingerprint density at radius 2 is 2.00 bits per heavy atom. The Labute approximate surface area is 96.4 Å². The fourth-order valence-corrected chi connectivity index (χ4v) is 2.36. The van der Waals surface area contributed by atoms with Crippen LogP contribution in [-0.4, -0.2) is 47.0 Å². The Hall–Kier alpha value is -1.27. The summed E-state index contributed by atoms with van der Waals surface area (Å²) in [5.74, 6) is -0.447. The van der Waals surface area contributed by atoms with Gasteiger partial charge in [0.25, 0.3) is 5.91 Å². The third-order valence-corrected chi connectivity index (χ3v) is 3.23. The zero-order valence-electron chi connectivity index (χ0n) is 9.33. The number of hydrogen-bond donors (Lipinski definition) is 0. The van der Waals surface area contributed by atoms with E-state index in [9.17, 15) is 22.8 Å². The van der Waals surface area contributed by atoms with Crippen LogP contribution in [0.3, 0.4) is 0 Å². The smallest absolute Gasteiger partial charge is 0.312 e. The number of carbonyl (C=O) groups is 2. The fraction of sp³-hybridized carbons (Fsp3) is 0.800. The first-order chi connectivity index (χ1) is 7.79. The number of urea groups is 1. The first-order valence-electron chi connectivity index (χ1n) is 5.48. The summed E-state index contributed by atoms with van der Waals surface area (Å²) >= 11 is 0. The number of halogens is 3. The van der Waals surface area contributed by atoms with E-state index in [-0.39, 0.29) is 5.92 Å². The van der Waals surface area contributed by atoms with Crippen molar-refractivity contribution in [3.8, 4) is 0 Å². The molecule has 3 amide bonds. The minimum absolute atomic E-state index is 0.263. The van der Waals surface area contributed by atoms with Crippen LogP contribution in [0, 0.1) is 5.92 Å². The third kappa shape index (κ3) is 2.23. The van der Waals surface area contributed by atoms with Crippen LogP contribution in [0.4, 0.5) is 18.0 Å². The number of imide groups is 1. The first kappa shape index (κ1) is 12.2.